The van der Waals surface area contributed by atoms with Gasteiger partial charge in [-0.1, -0.05) is 30.9 Å². The molecule has 1 amide bonds. The zero-order chi connectivity index (χ0) is 19.6. The average molecular weight is 389 g/mol. The number of fused-ring (bicyclic) bond motifs is 1. The summed E-state index contributed by atoms with van der Waals surface area (Å²) in [5.41, 5.74) is -0.132. The number of halogens is 1. The van der Waals surface area contributed by atoms with Crippen LogP contribution in [0.4, 0.5) is 0 Å². The van der Waals surface area contributed by atoms with Gasteiger partial charge in [-0.25, -0.2) is 4.79 Å². The molecule has 0 unspecified atom stereocenters. The number of benzene rings is 1. The second-order valence-electron chi connectivity index (χ2n) is 6.97. The van der Waals surface area contributed by atoms with Gasteiger partial charge in [0, 0.05) is 24.6 Å². The highest BCUT2D eigenvalue weighted by molar-refractivity contribution is 6.32. The summed E-state index contributed by atoms with van der Waals surface area (Å²) < 4.78 is 10.8. The largest absolute Gasteiger partial charge is 0.482 e. The van der Waals surface area contributed by atoms with Gasteiger partial charge in [-0.3, -0.25) is 4.79 Å². The molecule has 0 bridgehead atoms. The van der Waals surface area contributed by atoms with E-state index in [4.69, 9.17) is 20.8 Å². The molecule has 0 N–H and O–H groups in total. The molecular weight excluding hydrogens is 368 g/mol. The molecule has 0 saturated heterocycles. The Hall–Kier alpha value is -2.52. The van der Waals surface area contributed by atoms with Crippen LogP contribution >= 0.6 is 11.6 Å². The Kier molecular flexibility index (Phi) is 5.43. The van der Waals surface area contributed by atoms with Crippen LogP contribution in [0.5, 0.6) is 5.75 Å². The van der Waals surface area contributed by atoms with Crippen molar-refractivity contribution in [1.29, 1.82) is 5.26 Å². The van der Waals surface area contributed by atoms with Gasteiger partial charge in [-0.05, 0) is 31.4 Å². The number of hydrogen-bond acceptors (Lipinski definition) is 5. The fourth-order valence-electron chi connectivity index (χ4n) is 3.56. The van der Waals surface area contributed by atoms with Crippen molar-refractivity contribution >= 4 is 28.5 Å². The first-order valence-corrected chi connectivity index (χ1v) is 9.29. The van der Waals surface area contributed by atoms with Crippen molar-refractivity contribution in [3.05, 3.63) is 39.2 Å². The molecule has 1 heterocycles. The number of aryl methyl sites for hydroxylation is 1. The lowest BCUT2D eigenvalue weighted by Crippen LogP contribution is -2.51. The molecule has 1 fully saturated rings. The number of nitrogens with zero attached hydrogens (tertiary/aromatic N) is 2. The van der Waals surface area contributed by atoms with Crippen LogP contribution in [0.1, 0.15) is 37.7 Å². The molecule has 0 spiro atoms. The molecule has 0 atom stereocenters. The Balaban J connectivity index is 1.78. The van der Waals surface area contributed by atoms with Gasteiger partial charge in [0.1, 0.15) is 16.9 Å². The van der Waals surface area contributed by atoms with Gasteiger partial charge in [0.05, 0.1) is 11.1 Å². The molecule has 0 radical (unpaired) electrons. The van der Waals surface area contributed by atoms with Crippen molar-refractivity contribution in [2.24, 2.45) is 0 Å². The smallest absolute Gasteiger partial charge is 0.336 e. The zero-order valence-corrected chi connectivity index (χ0v) is 16.1. The Labute approximate surface area is 162 Å². The molecule has 1 aromatic carbocycles. The van der Waals surface area contributed by atoms with E-state index in [9.17, 15) is 14.9 Å². The van der Waals surface area contributed by atoms with E-state index in [1.165, 1.54) is 17.0 Å². The van der Waals surface area contributed by atoms with Gasteiger partial charge >= 0.3 is 5.63 Å². The maximum absolute atomic E-state index is 12.6. The van der Waals surface area contributed by atoms with Crippen LogP contribution in [0.2, 0.25) is 5.02 Å². The summed E-state index contributed by atoms with van der Waals surface area (Å²) in [6.45, 7) is 1.54. The van der Waals surface area contributed by atoms with Crippen molar-refractivity contribution in [1.82, 2.24) is 4.90 Å². The maximum Gasteiger partial charge on any atom is 0.336 e. The number of hydrogen-bond donors (Lipinski definition) is 0. The van der Waals surface area contributed by atoms with Crippen LogP contribution in [-0.4, -0.2) is 30.0 Å². The minimum absolute atomic E-state index is 0.249. The molecule has 0 aliphatic heterocycles. The minimum atomic E-state index is -0.768. The lowest BCUT2D eigenvalue weighted by Gasteiger charge is -2.38. The SMILES string of the molecule is Cc1cc(=O)oc2cc(OCC(=O)N(C)C3(C#N)CCCCC3)c(Cl)cc12. The lowest BCUT2D eigenvalue weighted by atomic mass is 9.81. The van der Waals surface area contributed by atoms with E-state index < -0.39 is 11.2 Å². The number of likely N-dealkylation sites (N-methyl/N-ethyl adjacent to an activating group) is 1. The van der Waals surface area contributed by atoms with Crippen LogP contribution in [0.25, 0.3) is 11.0 Å². The first kappa shape index (κ1) is 19.2. The van der Waals surface area contributed by atoms with Crippen LogP contribution in [0.3, 0.4) is 0 Å². The predicted octanol–water partition coefficient (Wildman–Crippen LogP) is 3.82. The van der Waals surface area contributed by atoms with E-state index in [0.717, 1.165) is 24.8 Å². The van der Waals surface area contributed by atoms with E-state index >= 15 is 0 Å². The van der Waals surface area contributed by atoms with Gasteiger partial charge in [-0.15, -0.1) is 0 Å². The van der Waals surface area contributed by atoms with Crippen molar-refractivity contribution in [2.75, 3.05) is 13.7 Å². The topological polar surface area (TPSA) is 83.5 Å². The summed E-state index contributed by atoms with van der Waals surface area (Å²) in [5, 5.41) is 10.6. The van der Waals surface area contributed by atoms with Crippen LogP contribution < -0.4 is 10.4 Å². The van der Waals surface area contributed by atoms with E-state index in [0.29, 0.717) is 28.8 Å². The fourth-order valence-corrected chi connectivity index (χ4v) is 3.78. The third kappa shape index (κ3) is 3.79. The minimum Gasteiger partial charge on any atom is -0.482 e. The summed E-state index contributed by atoms with van der Waals surface area (Å²) in [6, 6.07) is 6.87. The Morgan fingerprint density at radius 3 is 2.70 bits per heavy atom. The first-order chi connectivity index (χ1) is 12.9. The number of nitriles is 1. The molecule has 1 aromatic heterocycles. The normalized spacial score (nSPS) is 15.9. The Bertz CT molecular complexity index is 970. The van der Waals surface area contributed by atoms with Crippen molar-refractivity contribution in [3.63, 3.8) is 0 Å². The molecule has 142 valence electrons. The highest BCUT2D eigenvalue weighted by Gasteiger charge is 2.38. The zero-order valence-electron chi connectivity index (χ0n) is 15.4. The van der Waals surface area contributed by atoms with Crippen LogP contribution in [0.15, 0.2) is 27.4 Å². The highest BCUT2D eigenvalue weighted by Crippen LogP contribution is 2.33. The standard InChI is InChI=1S/C20H21ClN2O4/c1-13-8-19(25)27-16-10-17(15(21)9-14(13)16)26-11-18(24)23(2)20(12-22)6-4-3-5-7-20/h8-10H,3-7,11H2,1-2H3. The van der Waals surface area contributed by atoms with Crippen molar-refractivity contribution in [3.8, 4) is 11.8 Å². The Morgan fingerprint density at radius 2 is 2.04 bits per heavy atom. The third-order valence-corrected chi connectivity index (χ3v) is 5.56. The van der Waals surface area contributed by atoms with Gasteiger partial charge in [-0.2, -0.15) is 5.26 Å². The van der Waals surface area contributed by atoms with E-state index in [1.54, 1.807) is 20.0 Å². The number of ether oxygens (including phenoxy) is 1. The van der Waals surface area contributed by atoms with E-state index in [1.807, 2.05) is 0 Å². The molecule has 1 aliphatic rings. The quantitative estimate of drug-likeness (QED) is 0.743. The maximum atomic E-state index is 12.6. The predicted molar refractivity (Wildman–Crippen MR) is 102 cm³/mol. The third-order valence-electron chi connectivity index (χ3n) is 5.26. The summed E-state index contributed by atoms with van der Waals surface area (Å²) >= 11 is 6.26. The number of carbonyl (C=O) groups is 1. The average Bonchev–Trinajstić information content (AvgIpc) is 2.66. The summed E-state index contributed by atoms with van der Waals surface area (Å²) in [5.74, 6) is -0.0328. The van der Waals surface area contributed by atoms with Crippen molar-refractivity contribution < 1.29 is 13.9 Å². The number of rotatable bonds is 4. The second-order valence-corrected chi connectivity index (χ2v) is 7.38. The molecule has 7 heteroatoms. The summed E-state index contributed by atoms with van der Waals surface area (Å²) in [6.07, 6.45) is 4.29. The van der Waals surface area contributed by atoms with Gasteiger partial charge < -0.3 is 14.1 Å². The number of amides is 1. The molecule has 3 rings (SSSR count). The second kappa shape index (κ2) is 7.61. The Morgan fingerprint density at radius 1 is 1.33 bits per heavy atom. The molecule has 1 aliphatic carbocycles. The van der Waals surface area contributed by atoms with Gasteiger partial charge in [0.2, 0.25) is 0 Å². The lowest BCUT2D eigenvalue weighted by molar-refractivity contribution is -0.137. The van der Waals surface area contributed by atoms with Crippen LogP contribution in [-0.2, 0) is 4.79 Å². The number of carbonyl (C=O) groups excluding carboxylic acids is 1. The monoisotopic (exact) mass is 388 g/mol. The highest BCUT2D eigenvalue weighted by atomic mass is 35.5. The summed E-state index contributed by atoms with van der Waals surface area (Å²) in [4.78, 5) is 25.7. The first-order valence-electron chi connectivity index (χ1n) is 8.91. The van der Waals surface area contributed by atoms with Gasteiger partial charge in [0.15, 0.2) is 6.61 Å². The van der Waals surface area contributed by atoms with Crippen LogP contribution in [0, 0.1) is 18.3 Å². The molecule has 27 heavy (non-hydrogen) atoms. The fraction of sp³-hybridized carbons (Fsp3) is 0.450. The van der Waals surface area contributed by atoms with E-state index in [2.05, 4.69) is 6.07 Å². The van der Waals surface area contributed by atoms with E-state index in [-0.39, 0.29) is 18.3 Å². The molecule has 1 saturated carbocycles. The molecular formula is C20H21ClN2O4. The van der Waals surface area contributed by atoms with Gasteiger partial charge in [0.25, 0.3) is 5.91 Å². The molecule has 6 nitrogen and oxygen atoms in total. The molecule has 2 aromatic rings. The summed E-state index contributed by atoms with van der Waals surface area (Å²) in [7, 11) is 1.64. The van der Waals surface area contributed by atoms with Crippen molar-refractivity contribution in [2.45, 2.75) is 44.6 Å².